The van der Waals surface area contributed by atoms with Crippen LogP contribution in [0.4, 0.5) is 0 Å². The number of aromatic nitrogens is 2. The van der Waals surface area contributed by atoms with Crippen molar-refractivity contribution in [1.82, 2.24) is 14.9 Å². The zero-order valence-electron chi connectivity index (χ0n) is 19.0. The van der Waals surface area contributed by atoms with Crippen LogP contribution in [0.1, 0.15) is 65.1 Å². The number of hydrogen-bond acceptors (Lipinski definition) is 5. The average Bonchev–Trinajstić information content (AvgIpc) is 2.74. The van der Waals surface area contributed by atoms with Crippen molar-refractivity contribution >= 4 is 16.9 Å². The van der Waals surface area contributed by atoms with E-state index in [2.05, 4.69) is 30.7 Å². The Hall–Kier alpha value is -2.21. The first-order valence-electron chi connectivity index (χ1n) is 11.7. The van der Waals surface area contributed by atoms with Crippen LogP contribution < -0.4 is 4.74 Å². The first-order chi connectivity index (χ1) is 14.8. The molecule has 1 saturated carbocycles. The average molecular weight is 426 g/mol. The van der Waals surface area contributed by atoms with Gasteiger partial charge in [0.05, 0.1) is 24.1 Å². The monoisotopic (exact) mass is 425 g/mol. The second-order valence-electron chi connectivity index (χ2n) is 10.4. The van der Waals surface area contributed by atoms with Gasteiger partial charge in [0, 0.05) is 11.6 Å². The summed E-state index contributed by atoms with van der Waals surface area (Å²) < 4.78 is 6.29. The van der Waals surface area contributed by atoms with Crippen molar-refractivity contribution in [2.75, 3.05) is 13.1 Å². The molecule has 6 heteroatoms. The summed E-state index contributed by atoms with van der Waals surface area (Å²) >= 11 is 0. The van der Waals surface area contributed by atoms with Crippen LogP contribution in [0.3, 0.4) is 0 Å². The summed E-state index contributed by atoms with van der Waals surface area (Å²) in [6.07, 6.45) is 8.27. The number of carboxylic acid groups (broad SMARTS) is 1. The van der Waals surface area contributed by atoms with E-state index in [0.717, 1.165) is 54.3 Å². The Balaban J connectivity index is 1.34. The summed E-state index contributed by atoms with van der Waals surface area (Å²) in [6.45, 7) is 9.25. The van der Waals surface area contributed by atoms with Gasteiger partial charge in [-0.15, -0.1) is 0 Å². The molecule has 168 valence electrons. The van der Waals surface area contributed by atoms with Crippen molar-refractivity contribution in [3.63, 3.8) is 0 Å². The zero-order valence-corrected chi connectivity index (χ0v) is 19.0. The van der Waals surface area contributed by atoms with Crippen molar-refractivity contribution in [3.05, 3.63) is 30.2 Å². The highest BCUT2D eigenvalue weighted by atomic mass is 16.5. The summed E-state index contributed by atoms with van der Waals surface area (Å²) in [5.41, 5.74) is 1.31. The molecule has 1 saturated heterocycles. The summed E-state index contributed by atoms with van der Waals surface area (Å²) in [7, 11) is 0. The number of carboxylic acids is 1. The minimum absolute atomic E-state index is 0.212. The number of piperidine rings is 1. The van der Waals surface area contributed by atoms with Gasteiger partial charge in [0.2, 0.25) is 0 Å². The number of benzene rings is 1. The molecular formula is C25H35N3O3. The third kappa shape index (κ3) is 5.53. The molecule has 2 heterocycles. The third-order valence-corrected chi connectivity index (χ3v) is 7.10. The Labute approximate surface area is 185 Å². The van der Waals surface area contributed by atoms with E-state index in [0.29, 0.717) is 30.9 Å². The number of rotatable bonds is 5. The van der Waals surface area contributed by atoms with Crippen molar-refractivity contribution in [1.29, 1.82) is 0 Å². The smallest absolute Gasteiger partial charge is 0.306 e. The quantitative estimate of drug-likeness (QED) is 0.734. The predicted octanol–water partition coefficient (Wildman–Crippen LogP) is 4.91. The maximum atomic E-state index is 11.1. The van der Waals surface area contributed by atoms with Crippen molar-refractivity contribution in [3.8, 4) is 5.75 Å². The topological polar surface area (TPSA) is 75.5 Å². The maximum absolute atomic E-state index is 11.1. The highest BCUT2D eigenvalue weighted by Crippen LogP contribution is 2.38. The van der Waals surface area contributed by atoms with Crippen molar-refractivity contribution < 1.29 is 14.6 Å². The Morgan fingerprint density at radius 2 is 1.84 bits per heavy atom. The summed E-state index contributed by atoms with van der Waals surface area (Å²) in [5.74, 6) is 1.58. The lowest BCUT2D eigenvalue weighted by Gasteiger charge is -2.36. The highest BCUT2D eigenvalue weighted by molar-refractivity contribution is 5.79. The van der Waals surface area contributed by atoms with E-state index in [1.54, 1.807) is 0 Å². The lowest BCUT2D eigenvalue weighted by molar-refractivity contribution is -0.143. The molecule has 0 bridgehead atoms. The molecule has 6 nitrogen and oxygen atoms in total. The van der Waals surface area contributed by atoms with Gasteiger partial charge in [0.15, 0.2) is 0 Å². The summed E-state index contributed by atoms with van der Waals surface area (Å²) in [5, 5.41) is 10.1. The number of fused-ring (bicyclic) bond motifs is 1. The molecule has 2 fully saturated rings. The molecule has 0 atom stereocenters. The largest absolute Gasteiger partial charge is 0.490 e. The normalized spacial score (nSPS) is 23.7. The molecule has 1 N–H and O–H groups in total. The molecular weight excluding hydrogens is 390 g/mol. The second kappa shape index (κ2) is 9.11. The molecule has 1 aromatic carbocycles. The van der Waals surface area contributed by atoms with E-state index in [1.807, 2.05) is 24.4 Å². The van der Waals surface area contributed by atoms with Crippen molar-refractivity contribution in [2.45, 2.75) is 71.9 Å². The summed E-state index contributed by atoms with van der Waals surface area (Å²) in [4.78, 5) is 22.6. The molecule has 0 amide bonds. The summed E-state index contributed by atoms with van der Waals surface area (Å²) in [6, 6.07) is 6.09. The fraction of sp³-hybridized carbons (Fsp3) is 0.640. The van der Waals surface area contributed by atoms with Crippen LogP contribution in [0.15, 0.2) is 24.4 Å². The minimum Gasteiger partial charge on any atom is -0.490 e. The molecule has 1 aliphatic carbocycles. The van der Waals surface area contributed by atoms with E-state index in [9.17, 15) is 4.79 Å². The fourth-order valence-corrected chi connectivity index (χ4v) is 4.98. The first-order valence-corrected chi connectivity index (χ1v) is 11.7. The van der Waals surface area contributed by atoms with E-state index >= 15 is 0 Å². The highest BCUT2D eigenvalue weighted by Gasteiger charge is 2.30. The van der Waals surface area contributed by atoms with E-state index in [1.165, 1.54) is 12.8 Å². The van der Waals surface area contributed by atoms with Crippen molar-refractivity contribution in [2.24, 2.45) is 17.3 Å². The maximum Gasteiger partial charge on any atom is 0.306 e. The molecule has 4 rings (SSSR count). The van der Waals surface area contributed by atoms with E-state index < -0.39 is 5.97 Å². The van der Waals surface area contributed by atoms with Gasteiger partial charge in [0.25, 0.3) is 0 Å². The van der Waals surface area contributed by atoms with Crippen LogP contribution >= 0.6 is 0 Å². The lowest BCUT2D eigenvalue weighted by atomic mass is 9.72. The van der Waals surface area contributed by atoms with Gasteiger partial charge in [-0.05, 0) is 81.1 Å². The van der Waals surface area contributed by atoms with Crippen LogP contribution in [0, 0.1) is 17.3 Å². The van der Waals surface area contributed by atoms with Gasteiger partial charge in [-0.1, -0.05) is 20.8 Å². The minimum atomic E-state index is -0.679. The van der Waals surface area contributed by atoms with E-state index in [-0.39, 0.29) is 5.92 Å². The van der Waals surface area contributed by atoms with Crippen LogP contribution in [-0.4, -0.2) is 45.1 Å². The number of ether oxygens (including phenoxy) is 1. The zero-order chi connectivity index (χ0) is 22.0. The molecule has 1 aliphatic heterocycles. The SMILES string of the molecule is CC(C)(C)C1CCC(Oc2ccc3nc(CN4CCC(C(=O)O)CC4)ncc3c2)CC1. The van der Waals surface area contributed by atoms with Gasteiger partial charge in [-0.3, -0.25) is 9.69 Å². The van der Waals surface area contributed by atoms with Crippen LogP contribution in [-0.2, 0) is 11.3 Å². The molecule has 31 heavy (non-hydrogen) atoms. The number of nitrogens with zero attached hydrogens (tertiary/aromatic N) is 3. The number of hydrogen-bond donors (Lipinski definition) is 1. The Bertz CT molecular complexity index is 908. The van der Waals surface area contributed by atoms with E-state index in [4.69, 9.17) is 14.8 Å². The van der Waals surface area contributed by atoms with Gasteiger partial charge in [-0.25, -0.2) is 9.97 Å². The predicted molar refractivity (Wildman–Crippen MR) is 121 cm³/mol. The Morgan fingerprint density at radius 1 is 1.13 bits per heavy atom. The lowest BCUT2D eigenvalue weighted by Crippen LogP contribution is -2.36. The van der Waals surface area contributed by atoms with Crippen LogP contribution in [0.25, 0.3) is 10.9 Å². The fourth-order valence-electron chi connectivity index (χ4n) is 4.98. The number of aliphatic carboxylic acids is 1. The standard InChI is InChI=1S/C25H35N3O3/c1-25(2,3)19-4-6-20(7-5-19)31-21-8-9-22-18(14-21)15-26-23(27-22)16-28-12-10-17(11-13-28)24(29)30/h8-9,14-15,17,19-20H,4-7,10-13,16H2,1-3H3,(H,29,30). The van der Waals surface area contributed by atoms with Gasteiger partial charge in [0.1, 0.15) is 11.6 Å². The number of carbonyl (C=O) groups is 1. The Morgan fingerprint density at radius 3 is 2.48 bits per heavy atom. The Kier molecular flexibility index (Phi) is 6.47. The molecule has 0 spiro atoms. The molecule has 1 aromatic heterocycles. The molecule has 2 aromatic rings. The molecule has 0 unspecified atom stereocenters. The van der Waals surface area contributed by atoms with Crippen LogP contribution in [0.2, 0.25) is 0 Å². The number of likely N-dealkylation sites (tertiary alicyclic amines) is 1. The third-order valence-electron chi connectivity index (χ3n) is 7.10. The van der Waals surface area contributed by atoms with Crippen LogP contribution in [0.5, 0.6) is 5.75 Å². The first kappa shape index (κ1) is 22.0. The molecule has 0 radical (unpaired) electrons. The van der Waals surface area contributed by atoms with Gasteiger partial charge < -0.3 is 9.84 Å². The van der Waals surface area contributed by atoms with Gasteiger partial charge >= 0.3 is 5.97 Å². The molecule has 2 aliphatic rings. The second-order valence-corrected chi connectivity index (χ2v) is 10.4. The van der Waals surface area contributed by atoms with Gasteiger partial charge in [-0.2, -0.15) is 0 Å².